The molecule has 0 saturated carbocycles. The van der Waals surface area contributed by atoms with E-state index in [1.54, 1.807) is 31.4 Å². The summed E-state index contributed by atoms with van der Waals surface area (Å²) in [6.45, 7) is 4.79. The molecule has 3 aromatic rings. The zero-order valence-corrected chi connectivity index (χ0v) is 23.9. The van der Waals surface area contributed by atoms with Crippen molar-refractivity contribution in [3.05, 3.63) is 95.1 Å². The highest BCUT2D eigenvalue weighted by Crippen LogP contribution is 2.40. The van der Waals surface area contributed by atoms with Gasteiger partial charge in [-0.2, -0.15) is 13.2 Å². The van der Waals surface area contributed by atoms with Crippen LogP contribution in [-0.2, 0) is 26.2 Å². The predicted octanol–water partition coefficient (Wildman–Crippen LogP) is 6.23. The van der Waals surface area contributed by atoms with Crippen molar-refractivity contribution in [3.63, 3.8) is 0 Å². The lowest BCUT2D eigenvalue weighted by atomic mass is 9.76. The van der Waals surface area contributed by atoms with Crippen molar-refractivity contribution in [1.29, 1.82) is 0 Å². The summed E-state index contributed by atoms with van der Waals surface area (Å²) in [7, 11) is 1.54. The monoisotopic (exact) mass is 584 g/mol. The number of hydrogen-bond donors (Lipinski definition) is 1. The molecule has 0 amide bonds. The fourth-order valence-electron chi connectivity index (χ4n) is 4.98. The average molecular weight is 585 g/mol. The second kappa shape index (κ2) is 13.3. The topological polar surface area (TPSA) is 80.6 Å². The maximum atomic E-state index is 12.4. The Bertz CT molecular complexity index is 1380. The van der Waals surface area contributed by atoms with Crippen molar-refractivity contribution in [2.45, 2.75) is 44.4 Å². The summed E-state index contributed by atoms with van der Waals surface area (Å²) >= 11 is 0. The lowest BCUT2D eigenvalue weighted by Gasteiger charge is -2.40. The van der Waals surface area contributed by atoms with Crippen molar-refractivity contribution in [2.24, 2.45) is 5.16 Å². The zero-order valence-electron chi connectivity index (χ0n) is 23.9. The van der Waals surface area contributed by atoms with Crippen LogP contribution in [-0.4, -0.2) is 62.5 Å². The molecule has 1 aliphatic rings. The first kappa shape index (κ1) is 30.9. The van der Waals surface area contributed by atoms with E-state index >= 15 is 0 Å². The van der Waals surface area contributed by atoms with E-state index in [4.69, 9.17) is 9.57 Å². The predicted molar refractivity (Wildman–Crippen MR) is 154 cm³/mol. The highest BCUT2D eigenvalue weighted by Gasteiger charge is 2.33. The molecule has 0 aromatic heterocycles. The number of benzene rings is 3. The van der Waals surface area contributed by atoms with E-state index < -0.39 is 24.9 Å². The van der Waals surface area contributed by atoms with E-state index in [1.807, 2.05) is 30.3 Å². The number of hydrogen-bond acceptors (Lipinski definition) is 6. The van der Waals surface area contributed by atoms with Gasteiger partial charge in [0.15, 0.2) is 6.10 Å². The molecule has 0 aliphatic carbocycles. The summed E-state index contributed by atoms with van der Waals surface area (Å²) in [6, 6.07) is 22.9. The molecule has 0 saturated heterocycles. The number of alkyl halides is 3. The van der Waals surface area contributed by atoms with Gasteiger partial charge in [0.1, 0.15) is 31.8 Å². The quantitative estimate of drug-likeness (QED) is 0.201. The molecule has 7 nitrogen and oxygen atoms in total. The number of aliphatic carboxylic acids is 1. The van der Waals surface area contributed by atoms with Crippen LogP contribution in [0.3, 0.4) is 0 Å². The van der Waals surface area contributed by atoms with Crippen LogP contribution in [0.25, 0.3) is 0 Å². The second-order valence-corrected chi connectivity index (χ2v) is 10.8. The average Bonchev–Trinajstić information content (AvgIpc) is 2.95. The van der Waals surface area contributed by atoms with Gasteiger partial charge < -0.3 is 24.3 Å². The van der Waals surface area contributed by atoms with E-state index in [9.17, 15) is 23.1 Å². The van der Waals surface area contributed by atoms with Gasteiger partial charge in [0.05, 0.1) is 6.54 Å². The molecule has 42 heavy (non-hydrogen) atoms. The number of fused-ring (bicyclic) bond motifs is 1. The number of anilines is 1. The molecule has 0 radical (unpaired) electrons. The first-order chi connectivity index (χ1) is 20.0. The van der Waals surface area contributed by atoms with Gasteiger partial charge in [0.25, 0.3) is 0 Å². The van der Waals surface area contributed by atoms with Crippen LogP contribution < -0.4 is 9.64 Å². The van der Waals surface area contributed by atoms with Crippen molar-refractivity contribution < 1.29 is 37.4 Å². The maximum absolute atomic E-state index is 12.4. The molecule has 1 aliphatic heterocycles. The molecule has 1 heterocycles. The van der Waals surface area contributed by atoms with Crippen molar-refractivity contribution >= 4 is 17.4 Å². The third kappa shape index (κ3) is 8.03. The number of oxime groups is 1. The molecule has 0 spiro atoms. The fraction of sp³-hybridized carbons (Fsp3) is 0.375. The Labute approximate surface area is 243 Å². The molecule has 0 fully saturated rings. The third-order valence-corrected chi connectivity index (χ3v) is 7.27. The Morgan fingerprint density at radius 1 is 1.05 bits per heavy atom. The molecule has 3 aromatic carbocycles. The summed E-state index contributed by atoms with van der Waals surface area (Å²) in [5.74, 6) is -0.864. The molecule has 0 bridgehead atoms. The lowest BCUT2D eigenvalue weighted by molar-refractivity contribution is -0.192. The zero-order chi connectivity index (χ0) is 30.3. The third-order valence-electron chi connectivity index (χ3n) is 7.27. The minimum absolute atomic E-state index is 0.0367. The van der Waals surface area contributed by atoms with E-state index in [2.05, 4.69) is 46.8 Å². The summed E-state index contributed by atoms with van der Waals surface area (Å²) in [4.78, 5) is 18.8. The van der Waals surface area contributed by atoms with Crippen molar-refractivity contribution in [3.8, 4) is 5.75 Å². The first-order valence-corrected chi connectivity index (χ1v) is 13.7. The van der Waals surface area contributed by atoms with Crippen molar-refractivity contribution in [1.82, 2.24) is 0 Å². The highest BCUT2D eigenvalue weighted by molar-refractivity contribution is 6.13. The molecule has 224 valence electrons. The molecule has 4 rings (SSSR count). The van der Waals surface area contributed by atoms with Crippen LogP contribution in [0.2, 0.25) is 0 Å². The van der Waals surface area contributed by atoms with Gasteiger partial charge in [-0.15, -0.1) is 0 Å². The highest BCUT2D eigenvalue weighted by atomic mass is 19.4. The lowest BCUT2D eigenvalue weighted by Crippen LogP contribution is -2.39. The SMILES string of the molecule is CO/N=C(\c1ccccc1)c1ccc2c(c1)C(C)(C)CCN2CCOc1ccc(C[C@H](OCC(F)(F)F)C(=O)O)cc1. The molecular formula is C32H35F3N2O5. The van der Waals surface area contributed by atoms with Gasteiger partial charge in [-0.3, -0.25) is 0 Å². The number of halogens is 3. The van der Waals surface area contributed by atoms with Gasteiger partial charge in [-0.05, 0) is 47.2 Å². The molecule has 10 heteroatoms. The number of carboxylic acid groups (broad SMARTS) is 1. The van der Waals surface area contributed by atoms with Crippen LogP contribution in [0.15, 0.2) is 78.0 Å². The summed E-state index contributed by atoms with van der Waals surface area (Å²) < 4.78 is 47.8. The van der Waals surface area contributed by atoms with Crippen molar-refractivity contribution in [2.75, 3.05) is 38.3 Å². The normalized spacial score (nSPS) is 15.6. The molecule has 0 unspecified atom stereocenters. The number of rotatable bonds is 12. The van der Waals surface area contributed by atoms with Crippen LogP contribution in [0.4, 0.5) is 18.9 Å². The second-order valence-electron chi connectivity index (χ2n) is 10.8. The minimum atomic E-state index is -4.60. The fourth-order valence-corrected chi connectivity index (χ4v) is 4.98. The molecule has 1 N–H and O–H groups in total. The maximum Gasteiger partial charge on any atom is 0.411 e. The van der Waals surface area contributed by atoms with E-state index in [0.29, 0.717) is 24.5 Å². The Morgan fingerprint density at radius 3 is 2.40 bits per heavy atom. The number of carboxylic acids is 1. The molecule has 1 atom stereocenters. The number of carbonyl (C=O) groups is 1. The minimum Gasteiger partial charge on any atom is -0.492 e. The Kier molecular flexibility index (Phi) is 9.78. The largest absolute Gasteiger partial charge is 0.492 e. The van der Waals surface area contributed by atoms with Crippen LogP contribution in [0.5, 0.6) is 5.75 Å². The Balaban J connectivity index is 1.40. The molecular weight excluding hydrogens is 549 g/mol. The summed E-state index contributed by atoms with van der Waals surface area (Å²) in [5.41, 5.74) is 5.56. The summed E-state index contributed by atoms with van der Waals surface area (Å²) in [5, 5.41) is 13.5. The summed E-state index contributed by atoms with van der Waals surface area (Å²) in [6.07, 6.45) is -5.41. The van der Waals surface area contributed by atoms with Gasteiger partial charge in [-0.1, -0.05) is 67.5 Å². The standard InChI is InChI=1S/C32H35F3N2O5/c1-31(2)15-16-37(27-14-11-24(20-26(27)31)29(36-40-3)23-7-5-4-6-8-23)17-18-41-25-12-9-22(10-13-25)19-28(30(38)39)42-21-32(33,34)35/h4-14,20,28H,15-19,21H2,1-3H3,(H,38,39)/b36-29+/t28-/m0/s1. The van der Waals surface area contributed by atoms with E-state index in [0.717, 1.165) is 35.5 Å². The van der Waals surface area contributed by atoms with Crippen LogP contribution >= 0.6 is 0 Å². The van der Waals surface area contributed by atoms with Gasteiger partial charge in [0.2, 0.25) is 0 Å². The van der Waals surface area contributed by atoms with E-state index in [1.165, 1.54) is 5.56 Å². The van der Waals surface area contributed by atoms with Gasteiger partial charge in [-0.25, -0.2) is 4.79 Å². The van der Waals surface area contributed by atoms with Gasteiger partial charge >= 0.3 is 12.1 Å². The first-order valence-electron chi connectivity index (χ1n) is 13.7. The Hall–Kier alpha value is -4.05. The van der Waals surface area contributed by atoms with E-state index in [-0.39, 0.29) is 11.8 Å². The Morgan fingerprint density at radius 2 is 1.76 bits per heavy atom. The number of nitrogens with zero attached hydrogens (tertiary/aromatic N) is 2. The number of ether oxygens (including phenoxy) is 2. The smallest absolute Gasteiger partial charge is 0.411 e. The van der Waals surface area contributed by atoms with Crippen LogP contribution in [0, 0.1) is 0 Å². The van der Waals surface area contributed by atoms with Gasteiger partial charge in [0, 0.05) is 29.8 Å². The van der Waals surface area contributed by atoms with Crippen LogP contribution in [0.1, 0.15) is 42.5 Å².